The van der Waals surface area contributed by atoms with Crippen molar-refractivity contribution in [2.45, 2.75) is 39.0 Å². The topological polar surface area (TPSA) is 119 Å². The number of hydrogen-bond donors (Lipinski definition) is 0. The second-order valence-corrected chi connectivity index (χ2v) is 4.91. The van der Waals surface area contributed by atoms with Crippen molar-refractivity contribution in [3.8, 4) is 30.3 Å². The quantitative estimate of drug-likeness (QED) is 0.669. The van der Waals surface area contributed by atoms with E-state index in [-0.39, 0.29) is 23.7 Å². The fourth-order valence-electron chi connectivity index (χ4n) is 2.04. The smallest absolute Gasteiger partial charge is 0.0656 e. The fraction of sp³-hybridized carbons (Fsp3) is 0.667. The maximum Gasteiger partial charge on any atom is 0.0656 e. The minimum absolute atomic E-state index is 0.218. The van der Waals surface area contributed by atoms with Crippen LogP contribution in [0.2, 0.25) is 0 Å². The van der Waals surface area contributed by atoms with E-state index in [1.165, 1.54) is 0 Å². The van der Waals surface area contributed by atoms with E-state index in [0.29, 0.717) is 32.1 Å². The minimum Gasteiger partial charge on any atom is -0.198 e. The molecule has 0 saturated carbocycles. The first-order valence-electron chi connectivity index (χ1n) is 6.56. The van der Waals surface area contributed by atoms with Crippen molar-refractivity contribution in [3.05, 3.63) is 0 Å². The summed E-state index contributed by atoms with van der Waals surface area (Å²) in [5.41, 5.74) is 0. The highest BCUT2D eigenvalue weighted by molar-refractivity contribution is 4.97. The molecule has 0 aromatic heterocycles. The van der Waals surface area contributed by atoms with Crippen LogP contribution in [0.1, 0.15) is 39.0 Å². The number of rotatable bonds is 8. The average molecular weight is 267 g/mol. The largest absolute Gasteiger partial charge is 0.198 e. The monoisotopic (exact) mass is 267 g/mol. The van der Waals surface area contributed by atoms with E-state index in [1.807, 2.05) is 6.07 Å². The third-order valence-electron chi connectivity index (χ3n) is 3.15. The van der Waals surface area contributed by atoms with Crippen molar-refractivity contribution < 1.29 is 0 Å². The van der Waals surface area contributed by atoms with Gasteiger partial charge in [-0.05, 0) is 32.6 Å². The predicted molar refractivity (Wildman–Crippen MR) is 70.8 cm³/mol. The van der Waals surface area contributed by atoms with E-state index < -0.39 is 0 Å². The molecule has 4 unspecified atom stereocenters. The van der Waals surface area contributed by atoms with Gasteiger partial charge in [-0.1, -0.05) is 0 Å². The van der Waals surface area contributed by atoms with Gasteiger partial charge in [0.05, 0.1) is 30.3 Å². The fourth-order valence-corrected chi connectivity index (χ4v) is 2.04. The van der Waals surface area contributed by atoms with Crippen LogP contribution in [0.25, 0.3) is 0 Å². The maximum absolute atomic E-state index is 9.13. The van der Waals surface area contributed by atoms with Crippen LogP contribution in [0.15, 0.2) is 0 Å². The molecule has 102 valence electrons. The second-order valence-electron chi connectivity index (χ2n) is 4.91. The lowest BCUT2D eigenvalue weighted by atomic mass is 9.84. The van der Waals surface area contributed by atoms with Crippen molar-refractivity contribution in [1.82, 2.24) is 0 Å². The zero-order chi connectivity index (χ0) is 15.4. The first kappa shape index (κ1) is 17.4. The summed E-state index contributed by atoms with van der Waals surface area (Å²) in [7, 11) is 0. The summed E-state index contributed by atoms with van der Waals surface area (Å²) in [6.07, 6.45) is 1.96. The molecule has 4 atom stereocenters. The molecule has 5 nitrogen and oxygen atoms in total. The number of nitriles is 5. The van der Waals surface area contributed by atoms with E-state index in [4.69, 9.17) is 26.3 Å². The molecule has 20 heavy (non-hydrogen) atoms. The summed E-state index contributed by atoms with van der Waals surface area (Å²) in [5, 5.41) is 44.5. The Bertz CT molecular complexity index is 491. The first-order chi connectivity index (χ1) is 9.60. The Morgan fingerprint density at radius 1 is 0.700 bits per heavy atom. The molecule has 0 aromatic rings. The van der Waals surface area contributed by atoms with Crippen LogP contribution in [0.5, 0.6) is 0 Å². The summed E-state index contributed by atoms with van der Waals surface area (Å²) < 4.78 is 0. The van der Waals surface area contributed by atoms with Gasteiger partial charge in [-0.3, -0.25) is 0 Å². The Balaban J connectivity index is 4.51. The normalized spacial score (nSPS) is 15.2. The van der Waals surface area contributed by atoms with Gasteiger partial charge in [0.2, 0.25) is 0 Å². The molecule has 0 aliphatic heterocycles. The van der Waals surface area contributed by atoms with Crippen LogP contribution in [-0.4, -0.2) is 0 Å². The SMILES string of the molecule is CC(C#N)CC(C#N)CC(C#N)CC(C#N)CCC#N. The Hall–Kier alpha value is -2.55. The van der Waals surface area contributed by atoms with Gasteiger partial charge in [0.25, 0.3) is 0 Å². The standard InChI is InChI=1S/C15H17N5/c1-12(8-17)5-14(10-19)7-15(11-20)6-13(9-18)3-2-4-16/h12-15H,2-3,5-7H2,1H3. The summed E-state index contributed by atoms with van der Waals surface area (Å²) >= 11 is 0. The van der Waals surface area contributed by atoms with Crippen LogP contribution in [0, 0.1) is 80.3 Å². The molecule has 0 fully saturated rings. The lowest BCUT2D eigenvalue weighted by Crippen LogP contribution is -2.12. The van der Waals surface area contributed by atoms with Gasteiger partial charge in [-0.15, -0.1) is 0 Å². The van der Waals surface area contributed by atoms with Crippen LogP contribution in [0.4, 0.5) is 0 Å². The van der Waals surface area contributed by atoms with Crippen molar-refractivity contribution in [2.75, 3.05) is 0 Å². The van der Waals surface area contributed by atoms with Gasteiger partial charge in [0.1, 0.15) is 0 Å². The molecule has 0 spiro atoms. The van der Waals surface area contributed by atoms with Gasteiger partial charge in [0, 0.05) is 30.1 Å². The first-order valence-corrected chi connectivity index (χ1v) is 6.56. The molecule has 0 amide bonds. The van der Waals surface area contributed by atoms with E-state index in [2.05, 4.69) is 24.3 Å². The lowest BCUT2D eigenvalue weighted by molar-refractivity contribution is 0.388. The molecule has 0 N–H and O–H groups in total. The number of nitrogens with zero attached hydrogens (tertiary/aromatic N) is 5. The third kappa shape index (κ3) is 7.01. The summed E-state index contributed by atoms with van der Waals surface area (Å²) in [5.74, 6) is -1.27. The molecule has 0 aliphatic carbocycles. The van der Waals surface area contributed by atoms with Crippen LogP contribution >= 0.6 is 0 Å². The number of hydrogen-bond acceptors (Lipinski definition) is 5. The average Bonchev–Trinajstić information content (AvgIpc) is 2.48. The van der Waals surface area contributed by atoms with Gasteiger partial charge in [-0.2, -0.15) is 26.3 Å². The molecule has 0 radical (unpaired) electrons. The zero-order valence-electron chi connectivity index (χ0n) is 11.6. The van der Waals surface area contributed by atoms with Crippen LogP contribution in [0.3, 0.4) is 0 Å². The molecule has 0 aliphatic rings. The van der Waals surface area contributed by atoms with E-state index >= 15 is 0 Å². The van der Waals surface area contributed by atoms with Gasteiger partial charge < -0.3 is 0 Å². The highest BCUT2D eigenvalue weighted by atomic mass is 14.4. The molecule has 0 saturated heterocycles. The maximum atomic E-state index is 9.13. The summed E-state index contributed by atoms with van der Waals surface area (Å²) in [4.78, 5) is 0. The third-order valence-corrected chi connectivity index (χ3v) is 3.15. The van der Waals surface area contributed by atoms with Crippen LogP contribution in [-0.2, 0) is 0 Å². The summed E-state index contributed by atoms with van der Waals surface area (Å²) in [6, 6.07) is 10.4. The van der Waals surface area contributed by atoms with Crippen molar-refractivity contribution in [3.63, 3.8) is 0 Å². The van der Waals surface area contributed by atoms with E-state index in [0.717, 1.165) is 0 Å². The zero-order valence-corrected chi connectivity index (χ0v) is 11.6. The van der Waals surface area contributed by atoms with Crippen LogP contribution < -0.4 is 0 Å². The Labute approximate surface area is 120 Å². The second kappa shape index (κ2) is 10.4. The lowest BCUT2D eigenvalue weighted by Gasteiger charge is -2.16. The van der Waals surface area contributed by atoms with E-state index in [1.54, 1.807) is 6.92 Å². The predicted octanol–water partition coefficient (Wildman–Crippen LogP) is 3.04. The highest BCUT2D eigenvalue weighted by Gasteiger charge is 2.21. The highest BCUT2D eigenvalue weighted by Crippen LogP contribution is 2.25. The molecular weight excluding hydrogens is 250 g/mol. The van der Waals surface area contributed by atoms with Crippen molar-refractivity contribution >= 4 is 0 Å². The Morgan fingerprint density at radius 2 is 1.20 bits per heavy atom. The molecule has 0 aromatic carbocycles. The van der Waals surface area contributed by atoms with Gasteiger partial charge >= 0.3 is 0 Å². The van der Waals surface area contributed by atoms with Gasteiger partial charge in [0.15, 0.2) is 0 Å². The molecule has 0 bridgehead atoms. The molecule has 0 rings (SSSR count). The Kier molecular flexibility index (Phi) is 9.06. The Morgan fingerprint density at radius 3 is 1.65 bits per heavy atom. The van der Waals surface area contributed by atoms with Crippen molar-refractivity contribution in [2.24, 2.45) is 23.7 Å². The van der Waals surface area contributed by atoms with Crippen molar-refractivity contribution in [1.29, 1.82) is 26.3 Å². The minimum atomic E-state index is -0.381. The van der Waals surface area contributed by atoms with E-state index in [9.17, 15) is 0 Å². The van der Waals surface area contributed by atoms with Gasteiger partial charge in [-0.25, -0.2) is 0 Å². The molecule has 0 heterocycles. The molecular formula is C15H17N5. The molecule has 5 heteroatoms. The summed E-state index contributed by atoms with van der Waals surface area (Å²) in [6.45, 7) is 1.75.